The molecule has 4 rings (SSSR count). The molecule has 0 radical (unpaired) electrons. The topological polar surface area (TPSA) is 101 Å². The van der Waals surface area contributed by atoms with E-state index >= 15 is 0 Å². The number of H-pyrrole nitrogens is 1. The number of nitrogens with zero attached hydrogens (tertiary/aromatic N) is 2. The van der Waals surface area contributed by atoms with Crippen molar-refractivity contribution < 1.29 is 9.32 Å². The summed E-state index contributed by atoms with van der Waals surface area (Å²) < 4.78 is 5.21. The first-order valence-electron chi connectivity index (χ1n) is 9.00. The number of benzene rings is 2. The lowest BCUT2D eigenvalue weighted by Gasteiger charge is -2.05. The van der Waals surface area contributed by atoms with Gasteiger partial charge in [-0.25, -0.2) is 0 Å². The van der Waals surface area contributed by atoms with E-state index < -0.39 is 0 Å². The normalized spacial score (nSPS) is 11.0. The number of carbonyl (C=O) groups is 1. The lowest BCUT2D eigenvalue weighted by Crippen LogP contribution is -2.12. The Hall–Kier alpha value is -3.45. The molecule has 0 aliphatic heterocycles. The average molecular weight is 409 g/mol. The fraction of sp³-hybridized carbons (Fsp3) is 0.143. The van der Waals surface area contributed by atoms with Crippen LogP contribution in [0.5, 0.6) is 0 Å². The van der Waals surface area contributed by atoms with Gasteiger partial charge >= 0.3 is 0 Å². The molecule has 0 saturated carbocycles. The number of pyridine rings is 1. The number of aromatic nitrogens is 3. The minimum atomic E-state index is -0.299. The highest BCUT2D eigenvalue weighted by Gasteiger charge is 2.15. The van der Waals surface area contributed by atoms with Gasteiger partial charge in [0, 0.05) is 18.4 Å². The first kappa shape index (κ1) is 18.9. The van der Waals surface area contributed by atoms with E-state index in [1.54, 1.807) is 30.3 Å². The van der Waals surface area contributed by atoms with Crippen LogP contribution < -0.4 is 10.9 Å². The number of nitrogens with one attached hydrogen (secondary N) is 2. The molecule has 2 aromatic heterocycles. The Kier molecular flexibility index (Phi) is 5.14. The van der Waals surface area contributed by atoms with E-state index in [0.717, 1.165) is 16.5 Å². The van der Waals surface area contributed by atoms with Crippen LogP contribution in [-0.4, -0.2) is 21.0 Å². The van der Waals surface area contributed by atoms with Crippen molar-refractivity contribution in [1.29, 1.82) is 0 Å². The first-order valence-corrected chi connectivity index (χ1v) is 9.38. The summed E-state index contributed by atoms with van der Waals surface area (Å²) in [7, 11) is 0. The van der Waals surface area contributed by atoms with Gasteiger partial charge in [0.25, 0.3) is 5.56 Å². The average Bonchev–Trinajstić information content (AvgIpc) is 3.16. The number of amides is 1. The molecule has 0 atom stereocenters. The van der Waals surface area contributed by atoms with Gasteiger partial charge in [0.1, 0.15) is 0 Å². The van der Waals surface area contributed by atoms with E-state index in [1.165, 1.54) is 0 Å². The molecule has 29 heavy (non-hydrogen) atoms. The van der Waals surface area contributed by atoms with Gasteiger partial charge in [0.15, 0.2) is 0 Å². The molecule has 146 valence electrons. The highest BCUT2D eigenvalue weighted by molar-refractivity contribution is 6.33. The third-order valence-corrected chi connectivity index (χ3v) is 4.75. The molecular weight excluding hydrogens is 392 g/mol. The van der Waals surface area contributed by atoms with Gasteiger partial charge in [0.2, 0.25) is 17.6 Å². The number of hydrogen-bond acceptors (Lipinski definition) is 5. The molecule has 1 amide bonds. The van der Waals surface area contributed by atoms with E-state index in [9.17, 15) is 9.59 Å². The van der Waals surface area contributed by atoms with Crippen molar-refractivity contribution in [2.24, 2.45) is 0 Å². The van der Waals surface area contributed by atoms with Crippen LogP contribution in [0.2, 0.25) is 5.02 Å². The summed E-state index contributed by atoms with van der Waals surface area (Å²) in [5.74, 6) is 0.240. The van der Waals surface area contributed by atoms with Crippen molar-refractivity contribution in [2.45, 2.75) is 19.8 Å². The monoisotopic (exact) mass is 408 g/mol. The van der Waals surface area contributed by atoms with E-state index in [1.807, 2.05) is 25.1 Å². The van der Waals surface area contributed by atoms with Gasteiger partial charge in [-0.05, 0) is 42.1 Å². The van der Waals surface area contributed by atoms with Crippen LogP contribution in [0.1, 0.15) is 17.9 Å². The Balaban J connectivity index is 1.47. The van der Waals surface area contributed by atoms with Crippen molar-refractivity contribution >= 4 is 34.1 Å². The van der Waals surface area contributed by atoms with Crippen LogP contribution in [0.15, 0.2) is 57.8 Å². The van der Waals surface area contributed by atoms with Crippen molar-refractivity contribution in [2.75, 3.05) is 5.32 Å². The SMILES string of the molecule is Cc1ccc2cc(-c3noc(CCC(=O)Nc4ccccc4Cl)n3)c(=O)[nH]c2c1. The number of anilines is 1. The highest BCUT2D eigenvalue weighted by atomic mass is 35.5. The molecule has 2 heterocycles. The van der Waals surface area contributed by atoms with E-state index in [2.05, 4.69) is 20.4 Å². The second kappa shape index (κ2) is 7.89. The standard InChI is InChI=1S/C21H17ClN4O3/c1-12-6-7-13-11-14(21(28)24-17(13)10-12)20-25-19(29-26-20)9-8-18(27)23-16-5-3-2-4-15(16)22/h2-7,10-11H,8-9H2,1H3,(H,23,27)(H,24,28). The Morgan fingerprint density at radius 2 is 2.03 bits per heavy atom. The molecule has 7 nitrogen and oxygen atoms in total. The Morgan fingerprint density at radius 3 is 2.86 bits per heavy atom. The quantitative estimate of drug-likeness (QED) is 0.517. The number of fused-ring (bicyclic) bond motifs is 1. The minimum Gasteiger partial charge on any atom is -0.339 e. The van der Waals surface area contributed by atoms with Crippen molar-refractivity contribution in [3.8, 4) is 11.4 Å². The molecule has 2 N–H and O–H groups in total. The molecular formula is C21H17ClN4O3. The van der Waals surface area contributed by atoms with Gasteiger partial charge in [-0.2, -0.15) is 4.98 Å². The third kappa shape index (κ3) is 4.20. The third-order valence-electron chi connectivity index (χ3n) is 4.42. The first-order chi connectivity index (χ1) is 14.0. The summed E-state index contributed by atoms with van der Waals surface area (Å²) in [4.78, 5) is 31.6. The molecule has 0 bridgehead atoms. The molecule has 0 fully saturated rings. The van der Waals surface area contributed by atoms with Gasteiger partial charge < -0.3 is 14.8 Å². The number of carbonyl (C=O) groups excluding carboxylic acids is 1. The molecule has 0 unspecified atom stereocenters. The van der Waals surface area contributed by atoms with Crippen molar-refractivity contribution in [3.05, 3.63) is 75.4 Å². The van der Waals surface area contributed by atoms with Crippen LogP contribution in [0.25, 0.3) is 22.3 Å². The summed E-state index contributed by atoms with van der Waals surface area (Å²) in [6, 6.07) is 14.5. The number of para-hydroxylation sites is 1. The smallest absolute Gasteiger partial charge is 0.259 e. The van der Waals surface area contributed by atoms with E-state index in [0.29, 0.717) is 16.3 Å². The fourth-order valence-electron chi connectivity index (χ4n) is 2.94. The summed E-state index contributed by atoms with van der Waals surface area (Å²) in [6.07, 6.45) is 0.383. The minimum absolute atomic E-state index is 0.139. The Bertz CT molecular complexity index is 1260. The lowest BCUT2D eigenvalue weighted by atomic mass is 10.1. The summed E-state index contributed by atoms with van der Waals surface area (Å²) in [5.41, 5.74) is 2.36. The highest BCUT2D eigenvalue weighted by Crippen LogP contribution is 2.21. The predicted octanol–water partition coefficient (Wildman–Crippen LogP) is 4.11. The van der Waals surface area contributed by atoms with E-state index in [-0.39, 0.29) is 36.0 Å². The van der Waals surface area contributed by atoms with E-state index in [4.69, 9.17) is 16.1 Å². The molecule has 4 aromatic rings. The molecule has 0 spiro atoms. The van der Waals surface area contributed by atoms with Crippen molar-refractivity contribution in [3.63, 3.8) is 0 Å². The fourth-order valence-corrected chi connectivity index (χ4v) is 3.13. The van der Waals surface area contributed by atoms with Gasteiger partial charge in [0.05, 0.1) is 16.3 Å². The largest absolute Gasteiger partial charge is 0.339 e. The second-order valence-corrected chi connectivity index (χ2v) is 7.05. The Morgan fingerprint density at radius 1 is 1.21 bits per heavy atom. The number of hydrogen-bond donors (Lipinski definition) is 2. The second-order valence-electron chi connectivity index (χ2n) is 6.64. The lowest BCUT2D eigenvalue weighted by molar-refractivity contribution is -0.116. The van der Waals surface area contributed by atoms with Gasteiger partial charge in [-0.1, -0.05) is 41.0 Å². The van der Waals surface area contributed by atoms with Gasteiger partial charge in [-0.15, -0.1) is 0 Å². The summed E-state index contributed by atoms with van der Waals surface area (Å²) in [6.45, 7) is 1.96. The predicted molar refractivity (Wildman–Crippen MR) is 111 cm³/mol. The van der Waals surface area contributed by atoms with Crippen LogP contribution in [0.3, 0.4) is 0 Å². The van der Waals surface area contributed by atoms with Crippen LogP contribution >= 0.6 is 11.6 Å². The van der Waals surface area contributed by atoms with Crippen LogP contribution in [-0.2, 0) is 11.2 Å². The number of halogens is 1. The van der Waals surface area contributed by atoms with Gasteiger partial charge in [-0.3, -0.25) is 9.59 Å². The maximum atomic E-state index is 12.4. The zero-order valence-electron chi connectivity index (χ0n) is 15.5. The molecule has 0 saturated heterocycles. The summed E-state index contributed by atoms with van der Waals surface area (Å²) >= 11 is 6.03. The molecule has 8 heteroatoms. The maximum absolute atomic E-state index is 12.4. The number of aromatic amines is 1. The van der Waals surface area contributed by atoms with Crippen LogP contribution in [0, 0.1) is 6.92 Å². The number of rotatable bonds is 5. The molecule has 0 aliphatic rings. The zero-order chi connectivity index (χ0) is 20.4. The Labute approximate surface area is 170 Å². The van der Waals surface area contributed by atoms with Crippen LogP contribution in [0.4, 0.5) is 5.69 Å². The zero-order valence-corrected chi connectivity index (χ0v) is 16.3. The van der Waals surface area contributed by atoms with Crippen molar-refractivity contribution in [1.82, 2.24) is 15.1 Å². The maximum Gasteiger partial charge on any atom is 0.259 e. The summed E-state index contributed by atoms with van der Waals surface area (Å²) in [5, 5.41) is 7.96. The molecule has 2 aromatic carbocycles. The number of aryl methyl sites for hydroxylation is 2. The molecule has 0 aliphatic carbocycles.